The number of hydrogen-bond donors (Lipinski definition) is 2. The molecule has 0 aromatic heterocycles. The molecule has 0 aliphatic heterocycles. The van der Waals surface area contributed by atoms with E-state index in [1.54, 1.807) is 11.8 Å². The molecule has 3 nitrogen and oxygen atoms in total. The van der Waals surface area contributed by atoms with Crippen molar-refractivity contribution in [1.29, 1.82) is 0 Å². The lowest BCUT2D eigenvalue weighted by Crippen LogP contribution is -2.27. The Kier molecular flexibility index (Phi) is 9.09. The van der Waals surface area contributed by atoms with E-state index in [4.69, 9.17) is 5.73 Å². The summed E-state index contributed by atoms with van der Waals surface area (Å²) in [4.78, 5) is 12.3. The average molecular weight is 261 g/mol. The molecule has 0 heterocycles. The van der Waals surface area contributed by atoms with Crippen molar-refractivity contribution < 1.29 is 4.79 Å². The number of benzene rings is 1. The second-order valence-corrected chi connectivity index (χ2v) is 4.22. The van der Waals surface area contributed by atoms with Gasteiger partial charge in [0.2, 0.25) is 5.91 Å². The summed E-state index contributed by atoms with van der Waals surface area (Å²) < 4.78 is 0. The van der Waals surface area contributed by atoms with E-state index in [2.05, 4.69) is 17.4 Å². The van der Waals surface area contributed by atoms with Crippen LogP contribution in [0.15, 0.2) is 35.2 Å². The Bertz CT molecular complexity index is 295. The van der Waals surface area contributed by atoms with Crippen LogP contribution in [0, 0.1) is 0 Å². The molecule has 1 aromatic carbocycles. The summed E-state index contributed by atoms with van der Waals surface area (Å²) in [5.74, 6) is 0.923. The highest BCUT2D eigenvalue weighted by atomic mass is 35.5. The number of carbonyl (C=O) groups excluding carboxylic acids is 1. The number of hydrogen-bond acceptors (Lipinski definition) is 3. The molecule has 0 saturated carbocycles. The predicted molar refractivity (Wildman–Crippen MR) is 71.1 cm³/mol. The molecule has 90 valence electrons. The molecule has 0 unspecified atom stereocenters. The van der Waals surface area contributed by atoms with Gasteiger partial charge in [-0.05, 0) is 12.1 Å². The molecular weight excluding hydrogens is 244 g/mol. The summed E-state index contributed by atoms with van der Waals surface area (Å²) in [5.41, 5.74) is 5.26. The van der Waals surface area contributed by atoms with Gasteiger partial charge in [-0.1, -0.05) is 18.2 Å². The largest absolute Gasteiger partial charge is 0.355 e. The number of halogens is 1. The number of rotatable bonds is 6. The molecule has 0 spiro atoms. The fraction of sp³-hybridized carbons (Fsp3) is 0.364. The van der Waals surface area contributed by atoms with Gasteiger partial charge >= 0.3 is 0 Å². The molecular formula is C11H17ClN2OS. The first-order chi connectivity index (χ1) is 7.33. The molecule has 0 saturated heterocycles. The minimum absolute atomic E-state index is 0. The van der Waals surface area contributed by atoms with E-state index in [0.29, 0.717) is 19.5 Å². The van der Waals surface area contributed by atoms with Gasteiger partial charge in [0.05, 0.1) is 0 Å². The van der Waals surface area contributed by atoms with Crippen LogP contribution in [0.5, 0.6) is 0 Å². The van der Waals surface area contributed by atoms with Crippen molar-refractivity contribution in [3.63, 3.8) is 0 Å². The van der Waals surface area contributed by atoms with E-state index in [1.807, 2.05) is 18.2 Å². The van der Waals surface area contributed by atoms with Crippen molar-refractivity contribution in [2.24, 2.45) is 5.73 Å². The molecule has 1 rings (SSSR count). The summed E-state index contributed by atoms with van der Waals surface area (Å²) in [6.07, 6.45) is 0.413. The van der Waals surface area contributed by atoms with E-state index in [0.717, 1.165) is 5.75 Å². The quantitative estimate of drug-likeness (QED) is 0.604. The van der Waals surface area contributed by atoms with Gasteiger partial charge < -0.3 is 11.1 Å². The lowest BCUT2D eigenvalue weighted by atomic mass is 10.4. The highest BCUT2D eigenvalue weighted by Crippen LogP contribution is 2.15. The predicted octanol–water partition coefficient (Wildman–Crippen LogP) is 1.67. The maximum atomic E-state index is 11.1. The van der Waals surface area contributed by atoms with E-state index < -0.39 is 0 Å². The minimum Gasteiger partial charge on any atom is -0.355 e. The number of thioether (sulfide) groups is 1. The molecule has 1 amide bonds. The molecule has 0 aliphatic rings. The molecule has 0 atom stereocenters. The Morgan fingerprint density at radius 3 is 2.62 bits per heavy atom. The van der Waals surface area contributed by atoms with Crippen LogP contribution in [0.3, 0.4) is 0 Å². The summed E-state index contributed by atoms with van der Waals surface area (Å²) in [5, 5.41) is 2.81. The Balaban J connectivity index is 0.00000225. The van der Waals surface area contributed by atoms with Crippen LogP contribution >= 0.6 is 24.2 Å². The van der Waals surface area contributed by atoms with Crippen LogP contribution in [-0.2, 0) is 4.79 Å². The van der Waals surface area contributed by atoms with E-state index in [9.17, 15) is 4.79 Å². The SMILES string of the molecule is Cl.NCCC(=O)NCCSc1ccccc1. The number of amides is 1. The fourth-order valence-corrected chi connectivity index (χ4v) is 1.88. The molecule has 0 fully saturated rings. The van der Waals surface area contributed by atoms with Gasteiger partial charge in [-0.2, -0.15) is 0 Å². The van der Waals surface area contributed by atoms with Gasteiger partial charge in [-0.25, -0.2) is 0 Å². The Morgan fingerprint density at radius 2 is 2.00 bits per heavy atom. The average Bonchev–Trinajstić information content (AvgIpc) is 2.26. The third-order valence-electron chi connectivity index (χ3n) is 1.81. The van der Waals surface area contributed by atoms with Gasteiger partial charge in [-0.15, -0.1) is 24.2 Å². The summed E-state index contributed by atoms with van der Waals surface area (Å²) in [6, 6.07) is 10.1. The highest BCUT2D eigenvalue weighted by Gasteiger charge is 1.98. The van der Waals surface area contributed by atoms with Gasteiger partial charge in [0.25, 0.3) is 0 Å². The zero-order chi connectivity index (χ0) is 10.9. The molecule has 3 N–H and O–H groups in total. The van der Waals surface area contributed by atoms with Gasteiger partial charge in [-0.3, -0.25) is 4.79 Å². The van der Waals surface area contributed by atoms with Gasteiger partial charge in [0.15, 0.2) is 0 Å². The van der Waals surface area contributed by atoms with Gasteiger partial charge in [0.1, 0.15) is 0 Å². The standard InChI is InChI=1S/C11H16N2OS.ClH/c12-7-6-11(14)13-8-9-15-10-4-2-1-3-5-10;/h1-5H,6-9,12H2,(H,13,14);1H. The van der Waals surface area contributed by atoms with E-state index in [-0.39, 0.29) is 18.3 Å². The first-order valence-electron chi connectivity index (χ1n) is 4.97. The lowest BCUT2D eigenvalue weighted by molar-refractivity contribution is -0.120. The molecule has 0 aliphatic carbocycles. The second-order valence-electron chi connectivity index (χ2n) is 3.05. The Hall–Kier alpha value is -0.710. The normalized spacial score (nSPS) is 9.31. The van der Waals surface area contributed by atoms with Crippen molar-refractivity contribution in [3.8, 4) is 0 Å². The van der Waals surface area contributed by atoms with Crippen LogP contribution < -0.4 is 11.1 Å². The molecule has 5 heteroatoms. The molecule has 16 heavy (non-hydrogen) atoms. The van der Waals surface area contributed by atoms with Crippen LogP contribution in [-0.4, -0.2) is 24.7 Å². The van der Waals surface area contributed by atoms with Gasteiger partial charge in [0, 0.05) is 30.2 Å². The monoisotopic (exact) mass is 260 g/mol. The van der Waals surface area contributed by atoms with Crippen LogP contribution in [0.1, 0.15) is 6.42 Å². The minimum atomic E-state index is 0. The number of nitrogens with two attached hydrogens (primary N) is 1. The molecule has 1 aromatic rings. The molecule has 0 radical (unpaired) electrons. The third kappa shape index (κ3) is 6.71. The lowest BCUT2D eigenvalue weighted by Gasteiger charge is -2.03. The summed E-state index contributed by atoms with van der Waals surface area (Å²) in [7, 11) is 0. The first-order valence-corrected chi connectivity index (χ1v) is 5.96. The zero-order valence-corrected chi connectivity index (χ0v) is 10.7. The maximum absolute atomic E-state index is 11.1. The van der Waals surface area contributed by atoms with Crippen LogP contribution in [0.25, 0.3) is 0 Å². The van der Waals surface area contributed by atoms with Crippen LogP contribution in [0.2, 0.25) is 0 Å². The smallest absolute Gasteiger partial charge is 0.221 e. The first kappa shape index (κ1) is 15.3. The summed E-state index contributed by atoms with van der Waals surface area (Å²) in [6.45, 7) is 1.11. The van der Waals surface area contributed by atoms with Crippen LogP contribution in [0.4, 0.5) is 0 Å². The van der Waals surface area contributed by atoms with Crippen molar-refractivity contribution in [3.05, 3.63) is 30.3 Å². The van der Waals surface area contributed by atoms with Crippen molar-refractivity contribution in [1.82, 2.24) is 5.32 Å². The van der Waals surface area contributed by atoms with E-state index >= 15 is 0 Å². The van der Waals surface area contributed by atoms with E-state index in [1.165, 1.54) is 4.90 Å². The third-order valence-corrected chi connectivity index (χ3v) is 2.82. The maximum Gasteiger partial charge on any atom is 0.221 e. The molecule has 0 bridgehead atoms. The fourth-order valence-electron chi connectivity index (χ4n) is 1.10. The Morgan fingerprint density at radius 1 is 1.31 bits per heavy atom. The van der Waals surface area contributed by atoms with Crippen molar-refractivity contribution >= 4 is 30.1 Å². The van der Waals surface area contributed by atoms with Crippen molar-refractivity contribution in [2.75, 3.05) is 18.8 Å². The Labute approximate surface area is 107 Å². The highest BCUT2D eigenvalue weighted by molar-refractivity contribution is 7.99. The number of nitrogens with one attached hydrogen (secondary N) is 1. The van der Waals surface area contributed by atoms with Crippen molar-refractivity contribution in [2.45, 2.75) is 11.3 Å². The summed E-state index contributed by atoms with van der Waals surface area (Å²) >= 11 is 1.73. The zero-order valence-electron chi connectivity index (χ0n) is 9.02. The number of carbonyl (C=O) groups is 1. The topological polar surface area (TPSA) is 55.1 Å². The second kappa shape index (κ2) is 9.51.